The third kappa shape index (κ3) is 3.80. The Hall–Kier alpha value is -1.66. The van der Waals surface area contributed by atoms with Crippen molar-refractivity contribution in [2.45, 2.75) is 4.58 Å². The standard InChI is InChI=1S/C19H21N3OS2/c23-18(15-1-3-16(4-2-15)19-24-13-14-25-19)22-11-9-21(10-12-22)17-5-7-20-8-6-17/h1-8,19H,9-14H2. The van der Waals surface area contributed by atoms with Crippen molar-refractivity contribution in [2.24, 2.45) is 0 Å². The van der Waals surface area contributed by atoms with E-state index in [1.807, 2.05) is 65.1 Å². The van der Waals surface area contributed by atoms with Gasteiger partial charge in [-0.05, 0) is 29.8 Å². The number of nitrogens with zero attached hydrogens (tertiary/aromatic N) is 3. The fourth-order valence-corrected chi connectivity index (χ4v) is 6.10. The van der Waals surface area contributed by atoms with Gasteiger partial charge in [0.25, 0.3) is 5.91 Å². The van der Waals surface area contributed by atoms with Crippen LogP contribution in [-0.4, -0.2) is 53.5 Å². The van der Waals surface area contributed by atoms with Crippen molar-refractivity contribution in [1.29, 1.82) is 0 Å². The molecule has 1 aromatic heterocycles. The predicted molar refractivity (Wildman–Crippen MR) is 106 cm³/mol. The summed E-state index contributed by atoms with van der Waals surface area (Å²) in [5.41, 5.74) is 3.30. The third-order valence-corrected chi connectivity index (χ3v) is 7.75. The first-order valence-electron chi connectivity index (χ1n) is 8.59. The number of hydrogen-bond acceptors (Lipinski definition) is 5. The lowest BCUT2D eigenvalue weighted by Gasteiger charge is -2.36. The van der Waals surface area contributed by atoms with E-state index >= 15 is 0 Å². The molecule has 0 N–H and O–H groups in total. The summed E-state index contributed by atoms with van der Waals surface area (Å²) in [7, 11) is 0. The highest BCUT2D eigenvalue weighted by Gasteiger charge is 2.23. The number of hydrogen-bond donors (Lipinski definition) is 0. The van der Waals surface area contributed by atoms with Crippen LogP contribution in [0.25, 0.3) is 0 Å². The van der Waals surface area contributed by atoms with Gasteiger partial charge < -0.3 is 9.80 Å². The average molecular weight is 372 g/mol. The quantitative estimate of drug-likeness (QED) is 0.825. The molecule has 6 heteroatoms. The highest BCUT2D eigenvalue weighted by molar-refractivity contribution is 8.19. The van der Waals surface area contributed by atoms with E-state index in [2.05, 4.69) is 22.0 Å². The minimum atomic E-state index is 0.146. The van der Waals surface area contributed by atoms with Gasteiger partial charge in [0.1, 0.15) is 0 Å². The van der Waals surface area contributed by atoms with Crippen LogP contribution in [0.4, 0.5) is 5.69 Å². The van der Waals surface area contributed by atoms with E-state index in [1.54, 1.807) is 0 Å². The maximum absolute atomic E-state index is 12.8. The zero-order valence-corrected chi connectivity index (χ0v) is 15.6. The molecule has 0 aliphatic carbocycles. The number of carbonyl (C=O) groups excluding carboxylic acids is 1. The molecule has 2 saturated heterocycles. The van der Waals surface area contributed by atoms with Gasteiger partial charge >= 0.3 is 0 Å². The maximum atomic E-state index is 12.8. The Morgan fingerprint density at radius 2 is 1.56 bits per heavy atom. The first-order chi connectivity index (χ1) is 12.3. The van der Waals surface area contributed by atoms with Gasteiger partial charge in [-0.25, -0.2) is 0 Å². The summed E-state index contributed by atoms with van der Waals surface area (Å²) in [6.07, 6.45) is 3.63. The smallest absolute Gasteiger partial charge is 0.253 e. The van der Waals surface area contributed by atoms with Gasteiger partial charge in [-0.3, -0.25) is 9.78 Å². The molecule has 4 rings (SSSR count). The maximum Gasteiger partial charge on any atom is 0.253 e. The molecule has 2 fully saturated rings. The van der Waals surface area contributed by atoms with Crippen LogP contribution in [-0.2, 0) is 0 Å². The Labute approximate surface area is 157 Å². The van der Waals surface area contributed by atoms with Gasteiger partial charge in [0.05, 0.1) is 4.58 Å². The molecule has 0 bridgehead atoms. The summed E-state index contributed by atoms with van der Waals surface area (Å²) < 4.78 is 0.535. The molecule has 2 aromatic rings. The Balaban J connectivity index is 1.37. The minimum absolute atomic E-state index is 0.146. The van der Waals surface area contributed by atoms with E-state index in [0.29, 0.717) is 4.58 Å². The van der Waals surface area contributed by atoms with Crippen molar-refractivity contribution in [3.63, 3.8) is 0 Å². The molecular weight excluding hydrogens is 350 g/mol. The molecule has 2 aliphatic rings. The van der Waals surface area contributed by atoms with E-state index in [4.69, 9.17) is 0 Å². The summed E-state index contributed by atoms with van der Waals surface area (Å²) in [4.78, 5) is 21.1. The molecule has 0 saturated carbocycles. The van der Waals surface area contributed by atoms with Crippen molar-refractivity contribution in [3.05, 3.63) is 59.9 Å². The lowest BCUT2D eigenvalue weighted by molar-refractivity contribution is 0.0747. The molecule has 0 atom stereocenters. The summed E-state index contributed by atoms with van der Waals surface area (Å²) in [5.74, 6) is 2.59. The second-order valence-electron chi connectivity index (χ2n) is 6.18. The van der Waals surface area contributed by atoms with Crippen LogP contribution in [0.1, 0.15) is 20.5 Å². The Morgan fingerprint density at radius 1 is 0.920 bits per heavy atom. The van der Waals surface area contributed by atoms with Crippen molar-refractivity contribution in [1.82, 2.24) is 9.88 Å². The van der Waals surface area contributed by atoms with Crippen LogP contribution in [0.15, 0.2) is 48.8 Å². The highest BCUT2D eigenvalue weighted by atomic mass is 32.2. The van der Waals surface area contributed by atoms with E-state index in [-0.39, 0.29) is 5.91 Å². The van der Waals surface area contributed by atoms with Crippen molar-refractivity contribution in [2.75, 3.05) is 42.6 Å². The molecule has 25 heavy (non-hydrogen) atoms. The number of amides is 1. The topological polar surface area (TPSA) is 36.4 Å². The van der Waals surface area contributed by atoms with Crippen LogP contribution in [0.3, 0.4) is 0 Å². The molecule has 130 valence electrons. The first kappa shape index (κ1) is 16.8. The van der Waals surface area contributed by atoms with Gasteiger partial charge in [0.15, 0.2) is 0 Å². The minimum Gasteiger partial charge on any atom is -0.368 e. The SMILES string of the molecule is O=C(c1ccc(C2SCCS2)cc1)N1CCN(c2ccncc2)CC1. The largest absolute Gasteiger partial charge is 0.368 e. The second-order valence-corrected chi connectivity index (χ2v) is 8.90. The third-order valence-electron chi connectivity index (χ3n) is 4.65. The summed E-state index contributed by atoms with van der Waals surface area (Å²) >= 11 is 3.99. The average Bonchev–Trinajstić information content (AvgIpc) is 3.23. The van der Waals surface area contributed by atoms with E-state index in [0.717, 1.165) is 31.7 Å². The Kier molecular flexibility index (Phi) is 5.17. The fraction of sp³-hybridized carbons (Fsp3) is 0.368. The van der Waals surface area contributed by atoms with Gasteiger partial charge in [-0.2, -0.15) is 0 Å². The molecule has 3 heterocycles. The summed E-state index contributed by atoms with van der Waals surface area (Å²) in [5, 5.41) is 0. The van der Waals surface area contributed by atoms with Gasteiger partial charge in [0, 0.05) is 61.3 Å². The molecule has 1 amide bonds. The zero-order valence-electron chi connectivity index (χ0n) is 14.0. The zero-order chi connectivity index (χ0) is 17.1. The molecule has 1 aromatic carbocycles. The number of piperazine rings is 1. The molecule has 4 nitrogen and oxygen atoms in total. The monoisotopic (exact) mass is 371 g/mol. The second kappa shape index (κ2) is 7.70. The molecule has 0 radical (unpaired) electrons. The van der Waals surface area contributed by atoms with E-state index < -0.39 is 0 Å². The Morgan fingerprint density at radius 3 is 2.20 bits per heavy atom. The normalized spacial score (nSPS) is 18.6. The van der Waals surface area contributed by atoms with E-state index in [1.165, 1.54) is 22.8 Å². The Bertz CT molecular complexity index is 709. The van der Waals surface area contributed by atoms with Crippen LogP contribution < -0.4 is 4.90 Å². The number of benzene rings is 1. The molecular formula is C19H21N3OS2. The lowest BCUT2D eigenvalue weighted by atomic mass is 10.1. The number of rotatable bonds is 3. The van der Waals surface area contributed by atoms with Crippen molar-refractivity contribution < 1.29 is 4.79 Å². The predicted octanol–water partition coefficient (Wildman–Crippen LogP) is 3.52. The summed E-state index contributed by atoms with van der Waals surface area (Å²) in [6.45, 7) is 3.25. The molecule has 0 spiro atoms. The van der Waals surface area contributed by atoms with Crippen molar-refractivity contribution in [3.8, 4) is 0 Å². The number of carbonyl (C=O) groups is 1. The number of thioether (sulfide) groups is 2. The van der Waals surface area contributed by atoms with Crippen molar-refractivity contribution >= 4 is 35.1 Å². The van der Waals surface area contributed by atoms with Crippen LogP contribution in [0.5, 0.6) is 0 Å². The number of anilines is 1. The fourth-order valence-electron chi connectivity index (χ4n) is 3.24. The first-order valence-corrected chi connectivity index (χ1v) is 10.7. The lowest BCUT2D eigenvalue weighted by Crippen LogP contribution is -2.48. The number of pyridine rings is 1. The highest BCUT2D eigenvalue weighted by Crippen LogP contribution is 2.45. The number of aromatic nitrogens is 1. The van der Waals surface area contributed by atoms with Gasteiger partial charge in [-0.1, -0.05) is 12.1 Å². The molecule has 0 unspecified atom stereocenters. The molecule has 2 aliphatic heterocycles. The van der Waals surface area contributed by atoms with E-state index in [9.17, 15) is 4.79 Å². The van der Waals surface area contributed by atoms with Gasteiger partial charge in [0.2, 0.25) is 0 Å². The summed E-state index contributed by atoms with van der Waals surface area (Å²) in [6, 6.07) is 12.3. The van der Waals surface area contributed by atoms with Crippen LogP contribution in [0, 0.1) is 0 Å². The van der Waals surface area contributed by atoms with Crippen LogP contribution >= 0.6 is 23.5 Å². The van der Waals surface area contributed by atoms with Gasteiger partial charge in [-0.15, -0.1) is 23.5 Å². The van der Waals surface area contributed by atoms with Crippen LogP contribution in [0.2, 0.25) is 0 Å².